The Bertz CT molecular complexity index is 1410. The summed E-state index contributed by atoms with van der Waals surface area (Å²) in [6.07, 6.45) is 3.09. The van der Waals surface area contributed by atoms with Crippen LogP contribution in [0.15, 0.2) is 57.7 Å². The highest BCUT2D eigenvalue weighted by molar-refractivity contribution is 9.10. The Kier molecular flexibility index (Phi) is 6.85. The molecular weight excluding hydrogens is 512 g/mol. The minimum Gasteiger partial charge on any atom is -0.477 e. The summed E-state index contributed by atoms with van der Waals surface area (Å²) < 4.78 is 14.2. The highest BCUT2D eigenvalue weighted by Crippen LogP contribution is 2.40. The van der Waals surface area contributed by atoms with E-state index < -0.39 is 17.5 Å². The van der Waals surface area contributed by atoms with E-state index in [9.17, 15) is 14.7 Å². The summed E-state index contributed by atoms with van der Waals surface area (Å²) in [6.45, 7) is 7.76. The molecule has 182 valence electrons. The van der Waals surface area contributed by atoms with Gasteiger partial charge in [0, 0.05) is 17.5 Å². The summed E-state index contributed by atoms with van der Waals surface area (Å²) >= 11 is 3.68. The zero-order valence-electron chi connectivity index (χ0n) is 20.1. The molecule has 0 saturated heterocycles. The first-order valence-corrected chi connectivity index (χ1v) is 12.1. The van der Waals surface area contributed by atoms with E-state index in [1.807, 2.05) is 45.0 Å². The van der Waals surface area contributed by atoms with Gasteiger partial charge in [-0.25, -0.2) is 14.6 Å². The molecule has 0 unspecified atom stereocenters. The number of carboxylic acids is 1. The fourth-order valence-corrected chi connectivity index (χ4v) is 4.62. The SMILES string of the molecule is Cc1ncn(CCCc2ccc3oc(-c4ccccc4C(=O)OC(C)(C)C)c(Br)c3c2)c1C(=O)O. The van der Waals surface area contributed by atoms with Gasteiger partial charge in [0.1, 0.15) is 22.6 Å². The predicted molar refractivity (Wildman–Crippen MR) is 137 cm³/mol. The number of benzene rings is 2. The zero-order chi connectivity index (χ0) is 25.3. The summed E-state index contributed by atoms with van der Waals surface area (Å²) in [5.41, 5.74) is 3.03. The second-order valence-electron chi connectivity index (χ2n) is 9.40. The Morgan fingerprint density at radius 3 is 2.63 bits per heavy atom. The lowest BCUT2D eigenvalue weighted by atomic mass is 10.0. The molecule has 2 heterocycles. The van der Waals surface area contributed by atoms with E-state index in [2.05, 4.69) is 27.0 Å². The van der Waals surface area contributed by atoms with E-state index in [4.69, 9.17) is 9.15 Å². The summed E-state index contributed by atoms with van der Waals surface area (Å²) in [7, 11) is 0. The molecule has 0 atom stereocenters. The van der Waals surface area contributed by atoms with Crippen LogP contribution in [0.3, 0.4) is 0 Å². The molecule has 0 radical (unpaired) electrons. The number of hydrogen-bond donors (Lipinski definition) is 1. The lowest BCUT2D eigenvalue weighted by Gasteiger charge is -2.20. The lowest BCUT2D eigenvalue weighted by molar-refractivity contribution is 0.00700. The van der Waals surface area contributed by atoms with Gasteiger partial charge in [-0.15, -0.1) is 0 Å². The van der Waals surface area contributed by atoms with Crippen molar-refractivity contribution in [3.8, 4) is 11.3 Å². The fourth-order valence-electron chi connectivity index (χ4n) is 4.02. The van der Waals surface area contributed by atoms with Crippen LogP contribution in [0.25, 0.3) is 22.3 Å². The third-order valence-electron chi connectivity index (χ3n) is 5.57. The number of aromatic nitrogens is 2. The molecule has 2 aromatic heterocycles. The second kappa shape index (κ2) is 9.70. The minimum absolute atomic E-state index is 0.228. The number of esters is 1. The molecule has 2 aromatic carbocycles. The molecule has 0 spiro atoms. The van der Waals surface area contributed by atoms with Crippen LogP contribution < -0.4 is 0 Å². The molecule has 0 aliphatic carbocycles. The average molecular weight is 539 g/mol. The second-order valence-corrected chi connectivity index (χ2v) is 10.2. The number of rotatable bonds is 7. The van der Waals surface area contributed by atoms with Crippen molar-refractivity contribution in [2.45, 2.75) is 52.7 Å². The van der Waals surface area contributed by atoms with Crippen molar-refractivity contribution in [3.05, 3.63) is 75.8 Å². The first kappa shape index (κ1) is 24.7. The number of imidazole rings is 1. The van der Waals surface area contributed by atoms with Gasteiger partial charge in [-0.2, -0.15) is 0 Å². The average Bonchev–Trinajstić information content (AvgIpc) is 3.32. The van der Waals surface area contributed by atoms with Gasteiger partial charge in [-0.3, -0.25) is 0 Å². The molecule has 8 heteroatoms. The molecular formula is C27H27BrN2O5. The Hall–Kier alpha value is -3.39. The number of fused-ring (bicyclic) bond motifs is 1. The maximum Gasteiger partial charge on any atom is 0.354 e. The van der Waals surface area contributed by atoms with Crippen LogP contribution in [0.2, 0.25) is 0 Å². The standard InChI is InChI=1S/C27H27BrN2O5/c1-16-23(25(31)32)30(15-29-16)13-7-8-17-11-12-21-20(14-17)22(28)24(34-21)18-9-5-6-10-19(18)26(33)35-27(2,3)4/h5-6,9-12,14-15H,7-8,13H2,1-4H3,(H,31,32). The molecule has 35 heavy (non-hydrogen) atoms. The van der Waals surface area contributed by atoms with E-state index in [0.29, 0.717) is 34.7 Å². The van der Waals surface area contributed by atoms with Crippen LogP contribution in [0.4, 0.5) is 0 Å². The maximum absolute atomic E-state index is 12.8. The quantitative estimate of drug-likeness (QED) is 0.264. The van der Waals surface area contributed by atoms with Crippen molar-refractivity contribution < 1.29 is 23.8 Å². The number of ether oxygens (including phenoxy) is 1. The molecule has 4 rings (SSSR count). The van der Waals surface area contributed by atoms with E-state index in [-0.39, 0.29) is 5.69 Å². The van der Waals surface area contributed by atoms with Gasteiger partial charge in [-0.1, -0.05) is 24.3 Å². The van der Waals surface area contributed by atoms with Crippen LogP contribution in [0, 0.1) is 6.92 Å². The van der Waals surface area contributed by atoms with Crippen molar-refractivity contribution in [3.63, 3.8) is 0 Å². The number of halogens is 1. The van der Waals surface area contributed by atoms with E-state index in [1.165, 1.54) is 0 Å². The number of carboxylic acid groups (broad SMARTS) is 1. The van der Waals surface area contributed by atoms with Gasteiger partial charge in [0.2, 0.25) is 0 Å². The summed E-state index contributed by atoms with van der Waals surface area (Å²) in [5, 5.41) is 10.3. The van der Waals surface area contributed by atoms with Crippen LogP contribution in [-0.4, -0.2) is 32.2 Å². The normalized spacial score (nSPS) is 11.7. The highest BCUT2D eigenvalue weighted by atomic mass is 79.9. The highest BCUT2D eigenvalue weighted by Gasteiger charge is 2.24. The van der Waals surface area contributed by atoms with Crippen LogP contribution in [0.5, 0.6) is 0 Å². The van der Waals surface area contributed by atoms with Crippen molar-refractivity contribution in [1.29, 1.82) is 0 Å². The fraction of sp³-hybridized carbons (Fsp3) is 0.296. The lowest BCUT2D eigenvalue weighted by Crippen LogP contribution is -2.24. The molecule has 4 aromatic rings. The largest absolute Gasteiger partial charge is 0.477 e. The van der Waals surface area contributed by atoms with Crippen LogP contribution >= 0.6 is 15.9 Å². The number of aromatic carboxylic acids is 1. The summed E-state index contributed by atoms with van der Waals surface area (Å²) in [6, 6.07) is 13.2. The number of carbonyl (C=O) groups is 2. The monoisotopic (exact) mass is 538 g/mol. The number of hydrogen-bond acceptors (Lipinski definition) is 5. The van der Waals surface area contributed by atoms with Gasteiger partial charge < -0.3 is 18.8 Å². The molecule has 0 aliphatic rings. The molecule has 0 saturated carbocycles. The number of furan rings is 1. The van der Waals surface area contributed by atoms with Crippen molar-refractivity contribution >= 4 is 38.8 Å². The maximum atomic E-state index is 12.8. The topological polar surface area (TPSA) is 94.6 Å². The van der Waals surface area contributed by atoms with Gasteiger partial charge in [0.05, 0.1) is 22.1 Å². The van der Waals surface area contributed by atoms with Crippen LogP contribution in [0.1, 0.15) is 59.3 Å². The predicted octanol–water partition coefficient (Wildman–Crippen LogP) is 6.65. The Labute approximate surface area is 211 Å². The van der Waals surface area contributed by atoms with E-state index in [1.54, 1.807) is 30.0 Å². The van der Waals surface area contributed by atoms with Crippen molar-refractivity contribution in [2.24, 2.45) is 0 Å². The Morgan fingerprint density at radius 1 is 1.17 bits per heavy atom. The minimum atomic E-state index is -0.970. The van der Waals surface area contributed by atoms with Gasteiger partial charge in [-0.05, 0) is 80.2 Å². The molecule has 0 bridgehead atoms. The zero-order valence-corrected chi connectivity index (χ0v) is 21.7. The third-order valence-corrected chi connectivity index (χ3v) is 6.36. The summed E-state index contributed by atoms with van der Waals surface area (Å²) in [4.78, 5) is 28.4. The molecule has 7 nitrogen and oxygen atoms in total. The third kappa shape index (κ3) is 5.32. The molecule has 0 amide bonds. The van der Waals surface area contributed by atoms with E-state index in [0.717, 1.165) is 28.3 Å². The van der Waals surface area contributed by atoms with Crippen LogP contribution in [-0.2, 0) is 17.7 Å². The van der Waals surface area contributed by atoms with E-state index >= 15 is 0 Å². The first-order valence-electron chi connectivity index (χ1n) is 11.3. The number of nitrogens with zero attached hydrogens (tertiary/aromatic N) is 2. The van der Waals surface area contributed by atoms with Crippen molar-refractivity contribution in [2.75, 3.05) is 0 Å². The number of carbonyl (C=O) groups excluding carboxylic acids is 1. The van der Waals surface area contributed by atoms with Gasteiger partial charge in [0.15, 0.2) is 0 Å². The summed E-state index contributed by atoms with van der Waals surface area (Å²) in [5.74, 6) is -0.807. The molecule has 0 fully saturated rings. The Morgan fingerprint density at radius 2 is 1.91 bits per heavy atom. The van der Waals surface area contributed by atoms with Gasteiger partial charge >= 0.3 is 11.9 Å². The first-order chi connectivity index (χ1) is 16.5. The molecule has 0 aliphatic heterocycles. The number of aryl methyl sites for hydroxylation is 3. The van der Waals surface area contributed by atoms with Crippen molar-refractivity contribution in [1.82, 2.24) is 9.55 Å². The smallest absolute Gasteiger partial charge is 0.354 e. The van der Waals surface area contributed by atoms with Gasteiger partial charge in [0.25, 0.3) is 0 Å². The molecule has 1 N–H and O–H groups in total. The Balaban J connectivity index is 1.58.